The number of hydrogen-bond acceptors (Lipinski definition) is 6. The van der Waals surface area contributed by atoms with Gasteiger partial charge in [-0.15, -0.1) is 0 Å². The Hall–Kier alpha value is -3.66. The summed E-state index contributed by atoms with van der Waals surface area (Å²) in [6, 6.07) is 5.58. The Morgan fingerprint density at radius 2 is 2.07 bits per heavy atom. The lowest BCUT2D eigenvalue weighted by molar-refractivity contribution is -0.115. The molecule has 0 atom stereocenters. The predicted octanol–water partition coefficient (Wildman–Crippen LogP) is 3.02. The molecule has 5 rings (SSSR count). The van der Waals surface area contributed by atoms with Crippen molar-refractivity contribution in [3.05, 3.63) is 52.6 Å². The van der Waals surface area contributed by atoms with Gasteiger partial charge in [-0.25, -0.2) is 14.2 Å². The van der Waals surface area contributed by atoms with E-state index in [1.807, 2.05) is 0 Å². The SMILES string of the molecule is O=C1NC(=O)/C(=C/c2cnn3c(NC4CC4)cc(Nc4ccc(F)cc4Cl)nc23)N1. The van der Waals surface area contributed by atoms with Crippen LogP contribution in [-0.4, -0.2) is 32.6 Å². The Morgan fingerprint density at radius 1 is 1.23 bits per heavy atom. The highest BCUT2D eigenvalue weighted by atomic mass is 35.5. The van der Waals surface area contributed by atoms with Crippen molar-refractivity contribution in [3.8, 4) is 0 Å². The molecule has 0 spiro atoms. The van der Waals surface area contributed by atoms with E-state index in [9.17, 15) is 14.0 Å². The van der Waals surface area contributed by atoms with Gasteiger partial charge in [0, 0.05) is 17.7 Å². The van der Waals surface area contributed by atoms with E-state index < -0.39 is 17.8 Å². The van der Waals surface area contributed by atoms with E-state index in [0.717, 1.165) is 12.8 Å². The first-order chi connectivity index (χ1) is 14.5. The van der Waals surface area contributed by atoms with E-state index in [-0.39, 0.29) is 10.7 Å². The van der Waals surface area contributed by atoms with Crippen LogP contribution in [0, 0.1) is 5.82 Å². The smallest absolute Gasteiger partial charge is 0.326 e. The first kappa shape index (κ1) is 18.4. The molecule has 0 radical (unpaired) electrons. The predicted molar refractivity (Wildman–Crippen MR) is 109 cm³/mol. The number of carbonyl (C=O) groups excluding carboxylic acids is 2. The van der Waals surface area contributed by atoms with Crippen LogP contribution >= 0.6 is 11.6 Å². The van der Waals surface area contributed by atoms with E-state index in [1.165, 1.54) is 24.3 Å². The number of anilines is 3. The van der Waals surface area contributed by atoms with Gasteiger partial charge in [-0.05, 0) is 37.1 Å². The lowest BCUT2D eigenvalue weighted by Crippen LogP contribution is -2.22. The zero-order valence-electron chi connectivity index (χ0n) is 15.4. The van der Waals surface area contributed by atoms with Gasteiger partial charge in [0.05, 0.1) is 16.9 Å². The summed E-state index contributed by atoms with van der Waals surface area (Å²) in [6.45, 7) is 0. The summed E-state index contributed by atoms with van der Waals surface area (Å²) in [6.07, 6.45) is 5.17. The monoisotopic (exact) mass is 427 g/mol. The fourth-order valence-corrected chi connectivity index (χ4v) is 3.27. The number of urea groups is 1. The fraction of sp³-hybridized carbons (Fsp3) is 0.158. The second-order valence-corrected chi connectivity index (χ2v) is 7.40. The van der Waals surface area contributed by atoms with Crippen LogP contribution in [0.25, 0.3) is 11.7 Å². The zero-order chi connectivity index (χ0) is 20.8. The van der Waals surface area contributed by atoms with E-state index in [1.54, 1.807) is 16.8 Å². The van der Waals surface area contributed by atoms with Gasteiger partial charge in [-0.1, -0.05) is 11.6 Å². The lowest BCUT2D eigenvalue weighted by Gasteiger charge is -2.12. The second kappa shape index (κ2) is 6.99. The summed E-state index contributed by atoms with van der Waals surface area (Å²) >= 11 is 6.13. The molecule has 1 aliphatic carbocycles. The lowest BCUT2D eigenvalue weighted by atomic mass is 10.2. The molecule has 4 N–H and O–H groups in total. The quantitative estimate of drug-likeness (QED) is 0.368. The van der Waals surface area contributed by atoms with Crippen LogP contribution < -0.4 is 21.3 Å². The maximum absolute atomic E-state index is 13.4. The highest BCUT2D eigenvalue weighted by Gasteiger charge is 2.25. The number of carbonyl (C=O) groups is 2. The van der Waals surface area contributed by atoms with Crippen molar-refractivity contribution in [2.45, 2.75) is 18.9 Å². The molecule has 2 fully saturated rings. The van der Waals surface area contributed by atoms with Gasteiger partial charge in [0.2, 0.25) is 0 Å². The molecule has 0 bridgehead atoms. The van der Waals surface area contributed by atoms with Gasteiger partial charge in [-0.2, -0.15) is 9.61 Å². The third-order valence-electron chi connectivity index (χ3n) is 4.64. The molecule has 0 unspecified atom stereocenters. The molecule has 9 nitrogen and oxygen atoms in total. The van der Waals surface area contributed by atoms with Crippen LogP contribution in [-0.2, 0) is 4.79 Å². The summed E-state index contributed by atoms with van der Waals surface area (Å²) in [5.41, 5.74) is 1.60. The maximum Gasteiger partial charge on any atom is 0.326 e. The molecule has 3 aromatic rings. The highest BCUT2D eigenvalue weighted by Crippen LogP contribution is 2.30. The van der Waals surface area contributed by atoms with Crippen LogP contribution in [0.2, 0.25) is 5.02 Å². The standard InChI is InChI=1S/C19H15ClFN7O2/c20-12-6-10(21)1-4-13(12)24-15-7-16(23-11-2-3-11)28-17(26-15)9(8-22-28)5-14-18(29)27-19(30)25-14/h1,4-8,11,23H,2-3H2,(H,24,26)(H2,25,27,29,30)/b14-5-. The van der Waals surface area contributed by atoms with Crippen LogP contribution in [0.1, 0.15) is 18.4 Å². The summed E-state index contributed by atoms with van der Waals surface area (Å²) in [4.78, 5) is 27.8. The van der Waals surface area contributed by atoms with Crippen molar-refractivity contribution in [3.63, 3.8) is 0 Å². The Bertz CT molecular complexity index is 1240. The number of rotatable bonds is 5. The molecule has 1 aliphatic heterocycles. The van der Waals surface area contributed by atoms with Gasteiger partial charge < -0.3 is 16.0 Å². The Labute approximate surface area is 174 Å². The average molecular weight is 428 g/mol. The van der Waals surface area contributed by atoms with E-state index in [0.29, 0.717) is 34.6 Å². The van der Waals surface area contributed by atoms with Crippen molar-refractivity contribution in [2.24, 2.45) is 0 Å². The minimum absolute atomic E-state index is 0.105. The van der Waals surface area contributed by atoms with Crippen molar-refractivity contribution in [1.82, 2.24) is 25.2 Å². The molecule has 1 saturated heterocycles. The van der Waals surface area contributed by atoms with E-state index in [4.69, 9.17) is 11.6 Å². The summed E-state index contributed by atoms with van der Waals surface area (Å²) in [5, 5.41) is 15.7. The first-order valence-electron chi connectivity index (χ1n) is 9.18. The molecule has 2 aromatic heterocycles. The molecule has 1 saturated carbocycles. The van der Waals surface area contributed by atoms with Gasteiger partial charge in [0.15, 0.2) is 5.65 Å². The van der Waals surface area contributed by atoms with Crippen LogP contribution in [0.4, 0.5) is 26.5 Å². The van der Waals surface area contributed by atoms with Gasteiger partial charge in [-0.3, -0.25) is 10.1 Å². The van der Waals surface area contributed by atoms with Crippen molar-refractivity contribution in [2.75, 3.05) is 10.6 Å². The number of fused-ring (bicyclic) bond motifs is 1. The number of nitrogens with zero attached hydrogens (tertiary/aromatic N) is 3. The highest BCUT2D eigenvalue weighted by molar-refractivity contribution is 6.33. The van der Waals surface area contributed by atoms with Crippen molar-refractivity contribution in [1.29, 1.82) is 0 Å². The molecule has 2 aliphatic rings. The normalized spacial score (nSPS) is 17.3. The zero-order valence-corrected chi connectivity index (χ0v) is 16.1. The van der Waals surface area contributed by atoms with E-state index in [2.05, 4.69) is 31.3 Å². The maximum atomic E-state index is 13.4. The van der Waals surface area contributed by atoms with Crippen molar-refractivity contribution >= 4 is 52.6 Å². The summed E-state index contributed by atoms with van der Waals surface area (Å²) < 4.78 is 15.0. The van der Waals surface area contributed by atoms with Crippen LogP contribution in [0.3, 0.4) is 0 Å². The minimum atomic E-state index is -0.583. The topological polar surface area (TPSA) is 112 Å². The van der Waals surface area contributed by atoms with Crippen LogP contribution in [0.5, 0.6) is 0 Å². The second-order valence-electron chi connectivity index (χ2n) is 7.00. The number of halogens is 2. The number of hydrogen-bond donors (Lipinski definition) is 4. The average Bonchev–Trinajstić information content (AvgIpc) is 3.33. The van der Waals surface area contributed by atoms with Gasteiger partial charge in [0.1, 0.15) is 23.1 Å². The molecule has 30 heavy (non-hydrogen) atoms. The third kappa shape index (κ3) is 3.52. The number of benzene rings is 1. The minimum Gasteiger partial charge on any atom is -0.367 e. The Balaban J connectivity index is 1.58. The van der Waals surface area contributed by atoms with Crippen LogP contribution in [0.15, 0.2) is 36.2 Å². The molecule has 152 valence electrons. The number of nitrogens with one attached hydrogen (secondary N) is 4. The first-order valence-corrected chi connectivity index (χ1v) is 9.55. The molecule has 1 aromatic carbocycles. The molecule has 3 heterocycles. The molecular formula is C19H15ClFN7O2. The number of imide groups is 1. The molecule has 3 amide bonds. The summed E-state index contributed by atoms with van der Waals surface area (Å²) in [5.74, 6) is 0.196. The molecular weight excluding hydrogens is 413 g/mol. The van der Waals surface area contributed by atoms with Crippen molar-refractivity contribution < 1.29 is 14.0 Å². The van der Waals surface area contributed by atoms with E-state index >= 15 is 0 Å². The summed E-state index contributed by atoms with van der Waals surface area (Å²) in [7, 11) is 0. The molecule has 11 heteroatoms. The van der Waals surface area contributed by atoms with Gasteiger partial charge in [0.25, 0.3) is 5.91 Å². The largest absolute Gasteiger partial charge is 0.367 e. The third-order valence-corrected chi connectivity index (χ3v) is 4.95. The fourth-order valence-electron chi connectivity index (χ4n) is 3.05. The number of amides is 3. The van der Waals surface area contributed by atoms with Gasteiger partial charge >= 0.3 is 6.03 Å². The Morgan fingerprint density at radius 3 is 2.77 bits per heavy atom. The Kier molecular flexibility index (Phi) is 4.28. The number of aromatic nitrogens is 3.